The molecule has 1 aromatic carbocycles. The maximum atomic E-state index is 13.8. The number of thioether (sulfide) groups is 1. The Hall–Kier alpha value is -2.85. The van der Waals surface area contributed by atoms with E-state index in [1.807, 2.05) is 36.4 Å². The fraction of sp³-hybridized carbons (Fsp3) is 0.333. The molecule has 0 bridgehead atoms. The molecule has 35 heavy (non-hydrogen) atoms. The van der Waals surface area contributed by atoms with Gasteiger partial charge < -0.3 is 10.0 Å². The number of fused-ring (bicyclic) bond motifs is 2. The molecule has 5 rings (SSSR count). The molecule has 0 radical (unpaired) electrons. The van der Waals surface area contributed by atoms with Gasteiger partial charge in [-0.25, -0.2) is 0 Å². The monoisotopic (exact) mass is 523 g/mol. The first-order valence-corrected chi connectivity index (χ1v) is 12.3. The first-order valence-electron chi connectivity index (χ1n) is 10.9. The highest BCUT2D eigenvalue weighted by Crippen LogP contribution is 2.46. The Morgan fingerprint density at radius 1 is 1.20 bits per heavy atom. The smallest absolute Gasteiger partial charge is 0.408 e. The Morgan fingerprint density at radius 2 is 1.94 bits per heavy atom. The molecule has 1 aliphatic carbocycles. The second-order valence-corrected chi connectivity index (χ2v) is 10.2. The van der Waals surface area contributed by atoms with Crippen molar-refractivity contribution in [3.63, 3.8) is 0 Å². The van der Waals surface area contributed by atoms with Gasteiger partial charge in [-0.1, -0.05) is 36.4 Å². The molecule has 184 valence electrons. The molecule has 1 N–H and O–H groups in total. The maximum absolute atomic E-state index is 13.8. The molecular weight excluding hydrogens is 503 g/mol. The summed E-state index contributed by atoms with van der Waals surface area (Å²) in [5.74, 6) is -1.29. The van der Waals surface area contributed by atoms with Crippen LogP contribution in [0.2, 0.25) is 0 Å². The number of nitrogens with zero attached hydrogens (tertiary/aromatic N) is 3. The lowest BCUT2D eigenvalue weighted by Gasteiger charge is -2.46. The van der Waals surface area contributed by atoms with Crippen molar-refractivity contribution in [1.29, 1.82) is 0 Å². The highest BCUT2D eigenvalue weighted by Gasteiger charge is 2.48. The van der Waals surface area contributed by atoms with Crippen LogP contribution in [0.3, 0.4) is 0 Å². The first-order chi connectivity index (χ1) is 16.6. The topological polar surface area (TPSA) is 65.8 Å². The van der Waals surface area contributed by atoms with Crippen LogP contribution in [0.5, 0.6) is 5.75 Å². The highest BCUT2D eigenvalue weighted by atomic mass is 35.5. The molecule has 2 aromatic rings. The van der Waals surface area contributed by atoms with Crippen LogP contribution in [0, 0.1) is 0 Å². The fourth-order valence-corrected chi connectivity index (χ4v) is 6.08. The Morgan fingerprint density at radius 3 is 2.69 bits per heavy atom. The van der Waals surface area contributed by atoms with Crippen molar-refractivity contribution in [2.24, 2.45) is 0 Å². The molecule has 3 aliphatic rings. The molecule has 3 atom stereocenters. The lowest BCUT2D eigenvalue weighted by atomic mass is 9.89. The number of amides is 1. The summed E-state index contributed by atoms with van der Waals surface area (Å²) in [6, 6.07) is 6.00. The second kappa shape index (κ2) is 8.67. The number of hydrogen-bond acceptors (Lipinski definition) is 5. The van der Waals surface area contributed by atoms with Crippen LogP contribution in [0.15, 0.2) is 64.0 Å². The molecule has 1 amide bonds. The van der Waals surface area contributed by atoms with Crippen molar-refractivity contribution in [3.05, 3.63) is 86.2 Å². The number of hydrogen-bond donors (Lipinski definition) is 1. The summed E-state index contributed by atoms with van der Waals surface area (Å²) >= 11 is 8.10. The molecule has 0 saturated heterocycles. The number of halogens is 4. The van der Waals surface area contributed by atoms with Crippen molar-refractivity contribution >= 4 is 29.3 Å². The number of aromatic nitrogens is 1. The van der Waals surface area contributed by atoms with Gasteiger partial charge in [-0.05, 0) is 30.0 Å². The van der Waals surface area contributed by atoms with E-state index in [0.29, 0.717) is 17.1 Å². The Balaban J connectivity index is 1.76. The molecule has 6 nitrogen and oxygen atoms in total. The SMILES string of the molecule is CC(N1CN([C@@H]2C3=C(C=CC(Cl)C3)SCc3ccccc32)n2ccc(=O)c(O)c2C1=O)C(F)(F)F. The van der Waals surface area contributed by atoms with E-state index in [9.17, 15) is 27.9 Å². The molecule has 2 unspecified atom stereocenters. The number of carbonyl (C=O) groups excluding carboxylic acids is 1. The Labute approximate surface area is 208 Å². The second-order valence-electron chi connectivity index (χ2n) is 8.65. The van der Waals surface area contributed by atoms with E-state index in [2.05, 4.69) is 0 Å². The van der Waals surface area contributed by atoms with Crippen LogP contribution in [-0.4, -0.2) is 44.9 Å². The third kappa shape index (κ3) is 4.02. The lowest BCUT2D eigenvalue weighted by Crippen LogP contribution is -2.60. The number of aromatic hydroxyl groups is 1. The molecule has 2 aliphatic heterocycles. The van der Waals surface area contributed by atoms with Crippen LogP contribution < -0.4 is 10.4 Å². The summed E-state index contributed by atoms with van der Waals surface area (Å²) in [4.78, 5) is 27.0. The van der Waals surface area contributed by atoms with Crippen molar-refractivity contribution in [3.8, 4) is 5.75 Å². The Kier molecular flexibility index (Phi) is 5.91. The number of rotatable bonds is 2. The predicted octanol–water partition coefficient (Wildman–Crippen LogP) is 4.67. The normalized spacial score (nSPS) is 22.9. The van der Waals surface area contributed by atoms with E-state index >= 15 is 0 Å². The van der Waals surface area contributed by atoms with E-state index in [0.717, 1.165) is 34.6 Å². The standard InChI is InChI=1S/C24H21ClF3N3O3S/c1-13(24(26,27)28)29-12-31(30-9-8-18(32)22(33)21(30)23(29)34)20-16-5-3-2-4-14(16)11-35-19-7-6-15(25)10-17(19)20/h2-9,13,15,20,33H,10-12H2,1H3/t13?,15?,20-/m0/s1. The van der Waals surface area contributed by atoms with Gasteiger partial charge in [-0.3, -0.25) is 19.3 Å². The van der Waals surface area contributed by atoms with E-state index in [1.54, 1.807) is 16.8 Å². The summed E-state index contributed by atoms with van der Waals surface area (Å²) in [5.41, 5.74) is 1.42. The maximum Gasteiger partial charge on any atom is 0.408 e. The number of benzene rings is 1. The van der Waals surface area contributed by atoms with Gasteiger partial charge in [0.1, 0.15) is 12.7 Å². The molecular formula is C24H21ClF3N3O3S. The molecule has 1 aromatic heterocycles. The van der Waals surface area contributed by atoms with Crippen LogP contribution in [0.4, 0.5) is 13.2 Å². The number of carbonyl (C=O) groups is 1. The van der Waals surface area contributed by atoms with Gasteiger partial charge >= 0.3 is 6.18 Å². The average Bonchev–Trinajstić information content (AvgIpc) is 2.97. The zero-order valence-corrected chi connectivity index (χ0v) is 20.1. The molecule has 11 heteroatoms. The summed E-state index contributed by atoms with van der Waals surface area (Å²) in [6.45, 7) is 0.482. The quantitative estimate of drug-likeness (QED) is 0.580. The zero-order chi connectivity index (χ0) is 25.1. The lowest BCUT2D eigenvalue weighted by molar-refractivity contribution is -0.173. The predicted molar refractivity (Wildman–Crippen MR) is 128 cm³/mol. The summed E-state index contributed by atoms with van der Waals surface area (Å²) in [7, 11) is 0. The van der Waals surface area contributed by atoms with Crippen molar-refractivity contribution in [1.82, 2.24) is 9.58 Å². The van der Waals surface area contributed by atoms with Crippen LogP contribution in [0.1, 0.15) is 41.0 Å². The third-order valence-electron chi connectivity index (χ3n) is 6.58. The van der Waals surface area contributed by atoms with Crippen molar-refractivity contribution in [2.75, 3.05) is 11.7 Å². The molecule has 0 fully saturated rings. The van der Waals surface area contributed by atoms with E-state index in [-0.39, 0.29) is 5.38 Å². The Bertz CT molecular complexity index is 1320. The van der Waals surface area contributed by atoms with E-state index in [4.69, 9.17) is 11.6 Å². The van der Waals surface area contributed by atoms with Crippen molar-refractivity contribution < 1.29 is 23.1 Å². The van der Waals surface area contributed by atoms with Crippen LogP contribution >= 0.6 is 23.4 Å². The van der Waals surface area contributed by atoms with E-state index < -0.39 is 47.7 Å². The number of alkyl halides is 4. The summed E-state index contributed by atoms with van der Waals surface area (Å²) in [5, 5.41) is 11.8. The highest BCUT2D eigenvalue weighted by molar-refractivity contribution is 8.02. The van der Waals surface area contributed by atoms with E-state index in [1.165, 1.54) is 10.9 Å². The minimum absolute atomic E-state index is 0.305. The minimum atomic E-state index is -4.70. The van der Waals surface area contributed by atoms with Crippen molar-refractivity contribution in [2.45, 2.75) is 42.7 Å². The number of allylic oxidation sites excluding steroid dienone is 2. The van der Waals surface area contributed by atoms with Crippen LogP contribution in [-0.2, 0) is 5.75 Å². The van der Waals surface area contributed by atoms with Gasteiger partial charge in [0.25, 0.3) is 5.91 Å². The van der Waals surface area contributed by atoms with Gasteiger partial charge in [-0.2, -0.15) is 13.2 Å². The summed E-state index contributed by atoms with van der Waals surface area (Å²) in [6.07, 6.45) is 0.886. The number of pyridine rings is 1. The van der Waals surface area contributed by atoms with Gasteiger partial charge in [0.2, 0.25) is 5.43 Å². The molecule has 3 heterocycles. The van der Waals surface area contributed by atoms with Crippen LogP contribution in [0.25, 0.3) is 0 Å². The largest absolute Gasteiger partial charge is 0.502 e. The van der Waals surface area contributed by atoms with Gasteiger partial charge in [-0.15, -0.1) is 23.4 Å². The van der Waals surface area contributed by atoms with Gasteiger partial charge in [0, 0.05) is 22.9 Å². The summed E-state index contributed by atoms with van der Waals surface area (Å²) < 4.78 is 42.6. The first kappa shape index (κ1) is 23.9. The average molecular weight is 524 g/mol. The third-order valence-corrected chi connectivity index (χ3v) is 8.05. The van der Waals surface area contributed by atoms with Gasteiger partial charge in [0.05, 0.1) is 11.4 Å². The molecule has 0 spiro atoms. The fourth-order valence-electron chi connectivity index (χ4n) is 4.72. The molecule has 0 saturated carbocycles. The van der Waals surface area contributed by atoms with Gasteiger partial charge in [0.15, 0.2) is 11.4 Å². The minimum Gasteiger partial charge on any atom is -0.502 e. The zero-order valence-electron chi connectivity index (χ0n) is 18.5.